The number of hydrogen-bond donors (Lipinski definition) is 2. The molecule has 18 heavy (non-hydrogen) atoms. The molecular weight excluding hydrogens is 228 g/mol. The molecule has 2 aromatic rings. The number of anilines is 1. The summed E-state index contributed by atoms with van der Waals surface area (Å²) in [5.74, 6) is 6.90. The first kappa shape index (κ1) is 12.1. The number of nitrogen functional groups attached to an aromatic ring is 1. The van der Waals surface area contributed by atoms with Gasteiger partial charge in [-0.2, -0.15) is 4.98 Å². The molecule has 0 amide bonds. The maximum Gasteiger partial charge on any atom is 0.219 e. The Hall–Kier alpha value is -2.40. The number of hydrogen-bond acceptors (Lipinski definition) is 5. The number of benzene rings is 1. The molecular formula is C13H14N4O. The van der Waals surface area contributed by atoms with Crippen LogP contribution in [0.1, 0.15) is 0 Å². The van der Waals surface area contributed by atoms with E-state index in [1.165, 1.54) is 0 Å². The maximum absolute atomic E-state index is 5.40. The Morgan fingerprint density at radius 2 is 2.06 bits per heavy atom. The number of aromatic nitrogens is 2. The van der Waals surface area contributed by atoms with Crippen LogP contribution in [0.25, 0.3) is 11.4 Å². The average Bonchev–Trinajstić information content (AvgIpc) is 2.45. The molecule has 0 spiro atoms. The van der Waals surface area contributed by atoms with Crippen molar-refractivity contribution in [3.05, 3.63) is 49.1 Å². The summed E-state index contributed by atoms with van der Waals surface area (Å²) < 4.78 is 5.40. The number of nitrogens with one attached hydrogen (secondary N) is 1. The molecule has 5 nitrogen and oxygen atoms in total. The fourth-order valence-corrected chi connectivity index (χ4v) is 1.43. The summed E-state index contributed by atoms with van der Waals surface area (Å²) in [5.41, 5.74) is 3.40. The van der Waals surface area contributed by atoms with Crippen LogP contribution in [0.5, 0.6) is 5.88 Å². The molecule has 0 aliphatic carbocycles. The number of nitrogens with zero attached hydrogens (tertiary/aromatic N) is 2. The predicted octanol–water partition coefficient (Wildman–Crippen LogP) is 1.99. The quantitative estimate of drug-likeness (QED) is 0.476. The molecule has 0 aliphatic rings. The van der Waals surface area contributed by atoms with Crippen molar-refractivity contribution in [1.29, 1.82) is 0 Å². The Morgan fingerprint density at radius 3 is 2.72 bits per heavy atom. The molecule has 1 aromatic heterocycles. The number of hydrazine groups is 1. The van der Waals surface area contributed by atoms with Gasteiger partial charge in [0.2, 0.25) is 5.88 Å². The van der Waals surface area contributed by atoms with Gasteiger partial charge in [0.05, 0.1) is 0 Å². The molecule has 5 heteroatoms. The van der Waals surface area contributed by atoms with Crippen molar-refractivity contribution in [2.75, 3.05) is 12.0 Å². The van der Waals surface area contributed by atoms with Crippen LogP contribution < -0.4 is 16.0 Å². The van der Waals surface area contributed by atoms with E-state index in [4.69, 9.17) is 10.6 Å². The van der Waals surface area contributed by atoms with Gasteiger partial charge in [0.1, 0.15) is 12.4 Å². The third kappa shape index (κ3) is 2.83. The van der Waals surface area contributed by atoms with Crippen molar-refractivity contribution in [3.8, 4) is 17.3 Å². The standard InChI is InChI=1S/C13H14N4O/c1-2-8-18-12-9-11(17-14)15-13(16-12)10-6-4-3-5-7-10/h2-7,9H,1,8,14H2,(H,15,16,17). The molecule has 0 fully saturated rings. The number of rotatable bonds is 5. The molecule has 1 aromatic carbocycles. The van der Waals surface area contributed by atoms with Crippen molar-refractivity contribution in [1.82, 2.24) is 9.97 Å². The summed E-state index contributed by atoms with van der Waals surface area (Å²) in [7, 11) is 0. The van der Waals surface area contributed by atoms with E-state index in [1.54, 1.807) is 12.1 Å². The number of nitrogens with two attached hydrogens (primary N) is 1. The van der Waals surface area contributed by atoms with E-state index in [2.05, 4.69) is 22.0 Å². The van der Waals surface area contributed by atoms with Gasteiger partial charge in [-0.3, -0.25) is 0 Å². The maximum atomic E-state index is 5.40. The van der Waals surface area contributed by atoms with E-state index in [0.717, 1.165) is 5.56 Å². The van der Waals surface area contributed by atoms with Gasteiger partial charge in [0.15, 0.2) is 5.82 Å². The van der Waals surface area contributed by atoms with Crippen LogP contribution >= 0.6 is 0 Å². The van der Waals surface area contributed by atoms with Gasteiger partial charge in [-0.1, -0.05) is 43.0 Å². The predicted molar refractivity (Wildman–Crippen MR) is 71.0 cm³/mol. The fourth-order valence-electron chi connectivity index (χ4n) is 1.43. The summed E-state index contributed by atoms with van der Waals surface area (Å²) in [4.78, 5) is 8.59. The lowest BCUT2D eigenvalue weighted by molar-refractivity contribution is 0.348. The fraction of sp³-hybridized carbons (Fsp3) is 0.0769. The van der Waals surface area contributed by atoms with Gasteiger partial charge < -0.3 is 10.2 Å². The van der Waals surface area contributed by atoms with E-state index in [-0.39, 0.29) is 0 Å². The van der Waals surface area contributed by atoms with E-state index >= 15 is 0 Å². The normalized spacial score (nSPS) is 9.83. The first-order valence-electron chi connectivity index (χ1n) is 5.48. The largest absolute Gasteiger partial charge is 0.473 e. The van der Waals surface area contributed by atoms with E-state index < -0.39 is 0 Å². The second-order valence-electron chi connectivity index (χ2n) is 3.53. The molecule has 1 heterocycles. The average molecular weight is 242 g/mol. The van der Waals surface area contributed by atoms with Crippen molar-refractivity contribution >= 4 is 5.82 Å². The number of ether oxygens (including phenoxy) is 1. The van der Waals surface area contributed by atoms with E-state index in [9.17, 15) is 0 Å². The molecule has 0 saturated heterocycles. The SMILES string of the molecule is C=CCOc1cc(NN)nc(-c2ccccc2)n1. The van der Waals surface area contributed by atoms with Crippen LogP contribution in [0.4, 0.5) is 5.82 Å². The van der Waals surface area contributed by atoms with Crippen LogP contribution in [0, 0.1) is 0 Å². The highest BCUT2D eigenvalue weighted by molar-refractivity contribution is 5.57. The summed E-state index contributed by atoms with van der Waals surface area (Å²) >= 11 is 0. The molecule has 0 atom stereocenters. The minimum absolute atomic E-state index is 0.384. The molecule has 0 aliphatic heterocycles. The van der Waals surface area contributed by atoms with Crippen LogP contribution in [0.3, 0.4) is 0 Å². The molecule has 0 bridgehead atoms. The topological polar surface area (TPSA) is 73.1 Å². The minimum atomic E-state index is 0.384. The van der Waals surface area contributed by atoms with Gasteiger partial charge in [-0.25, -0.2) is 10.8 Å². The van der Waals surface area contributed by atoms with Crippen molar-refractivity contribution < 1.29 is 4.74 Å². The first-order valence-corrected chi connectivity index (χ1v) is 5.48. The van der Waals surface area contributed by atoms with Crippen molar-refractivity contribution in [2.24, 2.45) is 5.84 Å². The molecule has 0 unspecified atom stereocenters. The monoisotopic (exact) mass is 242 g/mol. The molecule has 3 N–H and O–H groups in total. The Bertz CT molecular complexity index is 528. The summed E-state index contributed by atoms with van der Waals surface area (Å²) in [5, 5.41) is 0. The summed E-state index contributed by atoms with van der Waals surface area (Å²) in [6.45, 7) is 3.97. The highest BCUT2D eigenvalue weighted by Gasteiger charge is 2.06. The molecule has 2 rings (SSSR count). The van der Waals surface area contributed by atoms with Crippen molar-refractivity contribution in [2.45, 2.75) is 0 Å². The second-order valence-corrected chi connectivity index (χ2v) is 3.53. The molecule has 0 saturated carbocycles. The summed E-state index contributed by atoms with van der Waals surface area (Å²) in [6, 6.07) is 11.3. The minimum Gasteiger partial charge on any atom is -0.473 e. The lowest BCUT2D eigenvalue weighted by Crippen LogP contribution is -2.10. The highest BCUT2D eigenvalue weighted by atomic mass is 16.5. The smallest absolute Gasteiger partial charge is 0.219 e. The Labute approximate surface area is 105 Å². The van der Waals surface area contributed by atoms with Gasteiger partial charge in [0, 0.05) is 11.6 Å². The first-order chi connectivity index (χ1) is 8.83. The van der Waals surface area contributed by atoms with Gasteiger partial charge in [-0.15, -0.1) is 0 Å². The Balaban J connectivity index is 2.37. The second kappa shape index (κ2) is 5.79. The lowest BCUT2D eigenvalue weighted by Gasteiger charge is -2.07. The van der Waals surface area contributed by atoms with Gasteiger partial charge in [-0.05, 0) is 0 Å². The van der Waals surface area contributed by atoms with Gasteiger partial charge >= 0.3 is 0 Å². The lowest BCUT2D eigenvalue weighted by atomic mass is 10.2. The zero-order chi connectivity index (χ0) is 12.8. The van der Waals surface area contributed by atoms with Crippen LogP contribution in [-0.2, 0) is 0 Å². The van der Waals surface area contributed by atoms with Crippen LogP contribution in [-0.4, -0.2) is 16.6 Å². The highest BCUT2D eigenvalue weighted by Crippen LogP contribution is 2.20. The third-order valence-corrected chi connectivity index (χ3v) is 2.23. The molecule has 0 radical (unpaired) electrons. The Morgan fingerprint density at radius 1 is 1.28 bits per heavy atom. The van der Waals surface area contributed by atoms with Crippen LogP contribution in [0.15, 0.2) is 49.1 Å². The Kier molecular flexibility index (Phi) is 3.88. The zero-order valence-electron chi connectivity index (χ0n) is 9.84. The summed E-state index contributed by atoms with van der Waals surface area (Å²) in [6.07, 6.45) is 1.65. The van der Waals surface area contributed by atoms with Gasteiger partial charge in [0.25, 0.3) is 0 Å². The molecule has 92 valence electrons. The van der Waals surface area contributed by atoms with Crippen molar-refractivity contribution in [3.63, 3.8) is 0 Å². The van der Waals surface area contributed by atoms with Crippen LogP contribution in [0.2, 0.25) is 0 Å². The third-order valence-electron chi connectivity index (χ3n) is 2.23. The van der Waals surface area contributed by atoms with E-state index in [1.807, 2.05) is 30.3 Å². The van der Waals surface area contributed by atoms with E-state index in [0.29, 0.717) is 24.1 Å². The zero-order valence-corrected chi connectivity index (χ0v) is 9.84.